The highest BCUT2D eigenvalue weighted by atomic mass is 16.1. The lowest BCUT2D eigenvalue weighted by atomic mass is 10.2. The van der Waals surface area contributed by atoms with Gasteiger partial charge in [0.2, 0.25) is 0 Å². The molecule has 1 heterocycles. The Bertz CT molecular complexity index is 469. The summed E-state index contributed by atoms with van der Waals surface area (Å²) in [6.07, 6.45) is 5.51. The van der Waals surface area contributed by atoms with Gasteiger partial charge in [-0.1, -0.05) is 11.6 Å². The Kier molecular flexibility index (Phi) is 3.44. The van der Waals surface area contributed by atoms with Crippen molar-refractivity contribution in [3.8, 4) is 0 Å². The Balaban J connectivity index is 3.18. The number of nitrogen functional groups attached to an aromatic ring is 1. The second kappa shape index (κ2) is 4.59. The highest BCUT2D eigenvalue weighted by Gasteiger charge is 1.99. The van der Waals surface area contributed by atoms with Crippen LogP contribution < -0.4 is 11.4 Å². The quantitative estimate of drug-likeness (QED) is 0.747. The maximum atomic E-state index is 11.5. The Morgan fingerprint density at radius 3 is 2.73 bits per heavy atom. The van der Waals surface area contributed by atoms with Gasteiger partial charge in [0.25, 0.3) is 0 Å². The van der Waals surface area contributed by atoms with Gasteiger partial charge in [-0.25, -0.2) is 4.79 Å². The van der Waals surface area contributed by atoms with E-state index in [2.05, 4.69) is 4.98 Å². The molecule has 15 heavy (non-hydrogen) atoms. The molecule has 2 N–H and O–H groups in total. The summed E-state index contributed by atoms with van der Waals surface area (Å²) in [7, 11) is 0. The third-order valence-electron chi connectivity index (χ3n) is 2.10. The van der Waals surface area contributed by atoms with Gasteiger partial charge in [-0.15, -0.1) is 0 Å². The smallest absolute Gasteiger partial charge is 0.353 e. The van der Waals surface area contributed by atoms with Gasteiger partial charge in [0, 0.05) is 11.9 Å². The summed E-state index contributed by atoms with van der Waals surface area (Å²) in [6.45, 7) is 5.77. The van der Waals surface area contributed by atoms with Crippen molar-refractivity contribution in [3.63, 3.8) is 0 Å². The second-order valence-electron chi connectivity index (χ2n) is 3.32. The largest absolute Gasteiger partial charge is 0.383 e. The van der Waals surface area contributed by atoms with E-state index < -0.39 is 0 Å². The first-order valence-corrected chi connectivity index (χ1v) is 4.71. The van der Waals surface area contributed by atoms with Crippen molar-refractivity contribution in [2.24, 2.45) is 0 Å². The Hall–Kier alpha value is -1.84. The molecule has 0 atom stereocenters. The molecule has 0 saturated carbocycles. The van der Waals surface area contributed by atoms with Crippen molar-refractivity contribution in [1.29, 1.82) is 0 Å². The molecular weight excluding hydrogens is 190 g/mol. The molecule has 0 aliphatic rings. The van der Waals surface area contributed by atoms with E-state index in [-0.39, 0.29) is 11.5 Å². The van der Waals surface area contributed by atoms with Crippen molar-refractivity contribution in [2.45, 2.75) is 20.8 Å². The maximum Gasteiger partial charge on any atom is 0.353 e. The molecular formula is C11H15N3O. The first-order chi connectivity index (χ1) is 7.04. The van der Waals surface area contributed by atoms with E-state index in [0.29, 0.717) is 0 Å². The van der Waals surface area contributed by atoms with Crippen molar-refractivity contribution in [2.75, 3.05) is 5.73 Å². The Labute approximate surface area is 88.8 Å². The minimum absolute atomic E-state index is 0.242. The second-order valence-corrected chi connectivity index (χ2v) is 3.32. The van der Waals surface area contributed by atoms with Crippen LogP contribution in [0.25, 0.3) is 5.70 Å². The van der Waals surface area contributed by atoms with Crippen molar-refractivity contribution >= 4 is 11.5 Å². The molecule has 0 unspecified atom stereocenters. The van der Waals surface area contributed by atoms with Crippen LogP contribution in [0.3, 0.4) is 0 Å². The molecule has 0 bridgehead atoms. The minimum Gasteiger partial charge on any atom is -0.383 e. The predicted octanol–water partition coefficient (Wildman–Crippen LogP) is 1.65. The van der Waals surface area contributed by atoms with Gasteiger partial charge in [-0.05, 0) is 32.9 Å². The molecule has 0 fully saturated rings. The first-order valence-electron chi connectivity index (χ1n) is 4.71. The molecule has 1 aromatic rings. The molecule has 4 heteroatoms. The Morgan fingerprint density at radius 1 is 1.53 bits per heavy atom. The van der Waals surface area contributed by atoms with Crippen LogP contribution in [0.5, 0.6) is 0 Å². The average molecular weight is 205 g/mol. The maximum absolute atomic E-state index is 11.5. The summed E-state index contributed by atoms with van der Waals surface area (Å²) in [5.74, 6) is 0.242. The van der Waals surface area contributed by atoms with Crippen LogP contribution in [0.2, 0.25) is 0 Å². The minimum atomic E-state index is -0.354. The van der Waals surface area contributed by atoms with E-state index in [1.54, 1.807) is 12.3 Å². The van der Waals surface area contributed by atoms with E-state index in [1.165, 1.54) is 4.57 Å². The van der Waals surface area contributed by atoms with Crippen molar-refractivity contribution < 1.29 is 0 Å². The molecule has 0 aromatic carbocycles. The third-order valence-corrected chi connectivity index (χ3v) is 2.10. The number of hydrogen-bond donors (Lipinski definition) is 1. The van der Waals surface area contributed by atoms with Gasteiger partial charge < -0.3 is 5.73 Å². The fraction of sp³-hybridized carbons (Fsp3) is 0.273. The molecule has 0 aliphatic carbocycles. The van der Waals surface area contributed by atoms with E-state index in [1.807, 2.05) is 32.9 Å². The summed E-state index contributed by atoms with van der Waals surface area (Å²) in [6, 6.07) is 1.60. The van der Waals surface area contributed by atoms with Crippen LogP contribution >= 0.6 is 0 Å². The summed E-state index contributed by atoms with van der Waals surface area (Å²) in [5.41, 5.74) is 6.96. The molecule has 0 amide bonds. The number of allylic oxidation sites excluding steroid dienone is 4. The highest BCUT2D eigenvalue weighted by Crippen LogP contribution is 2.05. The molecule has 80 valence electrons. The van der Waals surface area contributed by atoms with Gasteiger partial charge >= 0.3 is 5.69 Å². The molecule has 4 nitrogen and oxygen atoms in total. The zero-order chi connectivity index (χ0) is 11.4. The highest BCUT2D eigenvalue weighted by molar-refractivity contribution is 5.48. The van der Waals surface area contributed by atoms with E-state index in [4.69, 9.17) is 5.73 Å². The molecule has 0 spiro atoms. The lowest BCUT2D eigenvalue weighted by Gasteiger charge is -2.04. The summed E-state index contributed by atoms with van der Waals surface area (Å²) in [4.78, 5) is 15.1. The molecule has 0 radical (unpaired) electrons. The number of nitrogens with zero attached hydrogens (tertiary/aromatic N) is 2. The van der Waals surface area contributed by atoms with Crippen LogP contribution in [0.4, 0.5) is 5.82 Å². The number of nitrogens with two attached hydrogens (primary N) is 1. The van der Waals surface area contributed by atoms with Gasteiger partial charge in [0.15, 0.2) is 0 Å². The summed E-state index contributed by atoms with van der Waals surface area (Å²) in [5, 5.41) is 0. The van der Waals surface area contributed by atoms with Crippen LogP contribution in [-0.4, -0.2) is 9.55 Å². The topological polar surface area (TPSA) is 60.9 Å². The normalized spacial score (nSPS) is 13.0. The van der Waals surface area contributed by atoms with E-state index in [9.17, 15) is 4.79 Å². The first kappa shape index (κ1) is 11.2. The molecule has 1 aromatic heterocycles. The summed E-state index contributed by atoms with van der Waals surface area (Å²) >= 11 is 0. The van der Waals surface area contributed by atoms with E-state index in [0.717, 1.165) is 11.3 Å². The zero-order valence-electron chi connectivity index (χ0n) is 9.19. The predicted molar refractivity (Wildman–Crippen MR) is 62.3 cm³/mol. The van der Waals surface area contributed by atoms with Crippen molar-refractivity contribution in [3.05, 3.63) is 40.5 Å². The Morgan fingerprint density at radius 2 is 2.20 bits per heavy atom. The lowest BCUT2D eigenvalue weighted by Crippen LogP contribution is -2.21. The fourth-order valence-corrected chi connectivity index (χ4v) is 1.17. The lowest BCUT2D eigenvalue weighted by molar-refractivity contribution is 0.932. The van der Waals surface area contributed by atoms with Crippen LogP contribution in [0.15, 0.2) is 34.8 Å². The number of anilines is 1. The fourth-order valence-electron chi connectivity index (χ4n) is 1.17. The summed E-state index contributed by atoms with van der Waals surface area (Å²) < 4.78 is 1.46. The van der Waals surface area contributed by atoms with Gasteiger partial charge in [-0.3, -0.25) is 4.57 Å². The molecule has 0 aliphatic heterocycles. The van der Waals surface area contributed by atoms with Crippen LogP contribution in [0.1, 0.15) is 20.8 Å². The van der Waals surface area contributed by atoms with Crippen LogP contribution in [-0.2, 0) is 0 Å². The van der Waals surface area contributed by atoms with Gasteiger partial charge in [0.1, 0.15) is 5.82 Å². The molecule has 1 rings (SSSR count). The zero-order valence-corrected chi connectivity index (χ0v) is 9.19. The van der Waals surface area contributed by atoms with E-state index >= 15 is 0 Å². The SMILES string of the molecule is C/C=C(C)/C=C(/C)n1ccc(N)nc1=O. The molecule has 0 saturated heterocycles. The van der Waals surface area contributed by atoms with Gasteiger partial charge in [-0.2, -0.15) is 4.98 Å². The van der Waals surface area contributed by atoms with Crippen molar-refractivity contribution in [1.82, 2.24) is 9.55 Å². The number of hydrogen-bond acceptors (Lipinski definition) is 3. The van der Waals surface area contributed by atoms with Crippen LogP contribution in [0, 0.1) is 0 Å². The standard InChI is InChI=1S/C11H15N3O/c1-4-8(2)7-9(3)14-6-5-10(12)13-11(14)15/h4-7H,1-3H3,(H2,12,13,15)/b8-4+,9-7-. The third kappa shape index (κ3) is 2.80. The monoisotopic (exact) mass is 205 g/mol. The average Bonchev–Trinajstić information content (AvgIpc) is 2.17. The van der Waals surface area contributed by atoms with Gasteiger partial charge in [0.05, 0.1) is 0 Å². The number of aromatic nitrogens is 2. The number of rotatable bonds is 2.